The number of carbonyl (C=O) groups is 1. The number of amides is 2. The maximum Gasteiger partial charge on any atom is 0.319 e. The average molecular weight is 380 g/mol. The maximum atomic E-state index is 12.4. The number of methoxy groups -OCH3 is 2. The van der Waals surface area contributed by atoms with Gasteiger partial charge in [0.1, 0.15) is 11.5 Å². The maximum absolute atomic E-state index is 12.4. The van der Waals surface area contributed by atoms with E-state index in [1.165, 1.54) is 0 Å². The third-order valence-corrected chi connectivity index (χ3v) is 4.37. The number of anilines is 1. The summed E-state index contributed by atoms with van der Waals surface area (Å²) in [5, 5.41) is 9.96. The highest BCUT2D eigenvalue weighted by molar-refractivity contribution is 5.89. The van der Waals surface area contributed by atoms with E-state index < -0.39 is 0 Å². The predicted molar refractivity (Wildman–Crippen MR) is 108 cm³/mol. The minimum absolute atomic E-state index is 0.260. The highest BCUT2D eigenvalue weighted by Gasteiger charge is 2.15. The first-order valence-corrected chi connectivity index (χ1v) is 8.95. The number of hydrogen-bond acceptors (Lipinski definition) is 4. The Morgan fingerprint density at radius 1 is 1.14 bits per heavy atom. The molecule has 28 heavy (non-hydrogen) atoms. The van der Waals surface area contributed by atoms with E-state index >= 15 is 0 Å². The van der Waals surface area contributed by atoms with Crippen LogP contribution in [0, 0.1) is 0 Å². The molecule has 2 aromatic carbocycles. The summed E-state index contributed by atoms with van der Waals surface area (Å²) in [7, 11) is 3.20. The molecule has 0 aliphatic rings. The third-order valence-electron chi connectivity index (χ3n) is 4.37. The minimum atomic E-state index is -0.294. The summed E-state index contributed by atoms with van der Waals surface area (Å²) in [6.07, 6.45) is 3.66. The molecule has 0 bridgehead atoms. The normalized spacial score (nSPS) is 11.5. The molecular weight excluding hydrogens is 356 g/mol. The van der Waals surface area contributed by atoms with Crippen LogP contribution in [-0.4, -0.2) is 30.0 Å². The van der Waals surface area contributed by atoms with E-state index in [9.17, 15) is 4.79 Å². The summed E-state index contributed by atoms with van der Waals surface area (Å²) in [6.45, 7) is 2.58. The number of urea groups is 1. The molecule has 0 saturated carbocycles. The lowest BCUT2D eigenvalue weighted by Crippen LogP contribution is -2.31. The van der Waals surface area contributed by atoms with Gasteiger partial charge in [-0.15, -0.1) is 0 Å². The van der Waals surface area contributed by atoms with Crippen LogP contribution in [0.25, 0.3) is 0 Å². The monoisotopic (exact) mass is 380 g/mol. The van der Waals surface area contributed by atoms with Crippen molar-refractivity contribution < 1.29 is 14.3 Å². The molecule has 2 N–H and O–H groups in total. The van der Waals surface area contributed by atoms with E-state index in [1.54, 1.807) is 20.4 Å². The topological polar surface area (TPSA) is 77.4 Å². The van der Waals surface area contributed by atoms with Gasteiger partial charge in [-0.1, -0.05) is 12.1 Å². The Kier molecular flexibility index (Phi) is 6.16. The van der Waals surface area contributed by atoms with Gasteiger partial charge in [-0.2, -0.15) is 5.10 Å². The van der Waals surface area contributed by atoms with Gasteiger partial charge >= 0.3 is 6.03 Å². The van der Waals surface area contributed by atoms with Gasteiger partial charge in [0.15, 0.2) is 0 Å². The number of carbonyl (C=O) groups excluding carboxylic acids is 1. The van der Waals surface area contributed by atoms with Crippen molar-refractivity contribution in [3.05, 3.63) is 72.1 Å². The Labute approximate surface area is 164 Å². The van der Waals surface area contributed by atoms with Crippen molar-refractivity contribution in [2.75, 3.05) is 19.5 Å². The summed E-state index contributed by atoms with van der Waals surface area (Å²) in [4.78, 5) is 12.4. The molecule has 7 nitrogen and oxygen atoms in total. The Morgan fingerprint density at radius 2 is 1.93 bits per heavy atom. The lowest BCUT2D eigenvalue weighted by Gasteiger charge is -2.18. The van der Waals surface area contributed by atoms with E-state index in [0.29, 0.717) is 23.7 Å². The zero-order valence-corrected chi connectivity index (χ0v) is 16.2. The van der Waals surface area contributed by atoms with Crippen molar-refractivity contribution in [3.63, 3.8) is 0 Å². The molecule has 3 rings (SSSR count). The van der Waals surface area contributed by atoms with Gasteiger partial charge in [-0.25, -0.2) is 4.79 Å². The summed E-state index contributed by atoms with van der Waals surface area (Å²) in [5.41, 5.74) is 2.65. The highest BCUT2D eigenvalue weighted by atomic mass is 16.5. The summed E-state index contributed by atoms with van der Waals surface area (Å²) in [6, 6.07) is 14.5. The Hall–Kier alpha value is -3.48. The SMILES string of the molecule is COc1ccc(OC)c(C(C)NC(=O)Nc2ccc(Cn3cccn3)cc2)c1. The van der Waals surface area contributed by atoms with E-state index in [4.69, 9.17) is 9.47 Å². The van der Waals surface area contributed by atoms with Crippen LogP contribution in [0.2, 0.25) is 0 Å². The van der Waals surface area contributed by atoms with E-state index in [2.05, 4.69) is 15.7 Å². The molecule has 0 spiro atoms. The molecule has 1 unspecified atom stereocenters. The molecule has 3 aromatic rings. The van der Waals surface area contributed by atoms with Gasteiger partial charge in [0.2, 0.25) is 0 Å². The zero-order chi connectivity index (χ0) is 19.9. The van der Waals surface area contributed by atoms with Crippen LogP contribution in [0.5, 0.6) is 11.5 Å². The number of aromatic nitrogens is 2. The van der Waals surface area contributed by atoms with Gasteiger partial charge in [0.05, 0.1) is 26.8 Å². The molecular formula is C21H24N4O3. The largest absolute Gasteiger partial charge is 0.497 e. The number of nitrogens with one attached hydrogen (secondary N) is 2. The first-order valence-electron chi connectivity index (χ1n) is 8.95. The van der Waals surface area contributed by atoms with Crippen LogP contribution in [0.1, 0.15) is 24.1 Å². The summed E-state index contributed by atoms with van der Waals surface area (Å²) in [5.74, 6) is 1.40. The van der Waals surface area contributed by atoms with Gasteiger partial charge in [0.25, 0.3) is 0 Å². The van der Waals surface area contributed by atoms with Crippen LogP contribution < -0.4 is 20.1 Å². The van der Waals surface area contributed by atoms with Crippen molar-refractivity contribution in [1.29, 1.82) is 0 Å². The van der Waals surface area contributed by atoms with Crippen LogP contribution in [-0.2, 0) is 6.54 Å². The smallest absolute Gasteiger partial charge is 0.319 e. The second-order valence-electron chi connectivity index (χ2n) is 6.33. The van der Waals surface area contributed by atoms with E-state index in [1.807, 2.05) is 66.3 Å². The second-order valence-corrected chi connectivity index (χ2v) is 6.33. The average Bonchev–Trinajstić information content (AvgIpc) is 3.22. The van der Waals surface area contributed by atoms with Crippen LogP contribution in [0.4, 0.5) is 10.5 Å². The summed E-state index contributed by atoms with van der Waals surface area (Å²) < 4.78 is 12.5. The Morgan fingerprint density at radius 3 is 2.57 bits per heavy atom. The fourth-order valence-electron chi connectivity index (χ4n) is 2.89. The quantitative estimate of drug-likeness (QED) is 0.653. The number of benzene rings is 2. The number of rotatable bonds is 7. The molecule has 0 fully saturated rings. The number of hydrogen-bond donors (Lipinski definition) is 2. The lowest BCUT2D eigenvalue weighted by molar-refractivity contribution is 0.249. The van der Waals surface area contributed by atoms with Crippen molar-refractivity contribution in [2.24, 2.45) is 0 Å². The predicted octanol–water partition coefficient (Wildman–Crippen LogP) is 3.83. The van der Waals surface area contributed by atoms with Gasteiger partial charge in [0, 0.05) is 23.6 Å². The van der Waals surface area contributed by atoms with E-state index in [0.717, 1.165) is 11.1 Å². The summed E-state index contributed by atoms with van der Waals surface area (Å²) >= 11 is 0. The van der Waals surface area contributed by atoms with Crippen LogP contribution in [0.15, 0.2) is 60.9 Å². The minimum Gasteiger partial charge on any atom is -0.497 e. The third kappa shape index (κ3) is 4.82. The lowest BCUT2D eigenvalue weighted by atomic mass is 10.1. The molecule has 1 aromatic heterocycles. The van der Waals surface area contributed by atoms with E-state index in [-0.39, 0.29) is 12.1 Å². The molecule has 0 aliphatic carbocycles. The molecule has 0 aliphatic heterocycles. The van der Waals surface area contributed by atoms with Gasteiger partial charge in [-0.3, -0.25) is 4.68 Å². The molecule has 1 heterocycles. The Balaban J connectivity index is 1.60. The number of nitrogens with zero attached hydrogens (tertiary/aromatic N) is 2. The zero-order valence-electron chi connectivity index (χ0n) is 16.2. The van der Waals surface area contributed by atoms with Gasteiger partial charge in [-0.05, 0) is 48.9 Å². The molecule has 1 atom stereocenters. The van der Waals surface area contributed by atoms with Crippen molar-refractivity contribution >= 4 is 11.7 Å². The van der Waals surface area contributed by atoms with Crippen LogP contribution >= 0.6 is 0 Å². The first-order chi connectivity index (χ1) is 13.6. The van der Waals surface area contributed by atoms with Crippen molar-refractivity contribution in [1.82, 2.24) is 15.1 Å². The first kappa shape index (κ1) is 19.3. The standard InChI is InChI=1S/C21H24N4O3/c1-15(19-13-18(27-2)9-10-20(19)28-3)23-21(26)24-17-7-5-16(6-8-17)14-25-12-4-11-22-25/h4-13,15H,14H2,1-3H3,(H2,23,24,26). The number of ether oxygens (including phenoxy) is 2. The molecule has 7 heteroatoms. The fourth-order valence-corrected chi connectivity index (χ4v) is 2.89. The highest BCUT2D eigenvalue weighted by Crippen LogP contribution is 2.29. The molecule has 146 valence electrons. The fraction of sp³-hybridized carbons (Fsp3) is 0.238. The molecule has 0 radical (unpaired) electrons. The molecule has 0 saturated heterocycles. The Bertz CT molecular complexity index is 908. The van der Waals surface area contributed by atoms with Gasteiger partial charge < -0.3 is 20.1 Å². The second kappa shape index (κ2) is 8.94. The van der Waals surface area contributed by atoms with Crippen LogP contribution in [0.3, 0.4) is 0 Å². The molecule has 2 amide bonds. The van der Waals surface area contributed by atoms with Crippen molar-refractivity contribution in [3.8, 4) is 11.5 Å². The van der Waals surface area contributed by atoms with Crippen molar-refractivity contribution in [2.45, 2.75) is 19.5 Å².